The van der Waals surface area contributed by atoms with Crippen LogP contribution in [-0.4, -0.2) is 5.11 Å². The lowest BCUT2D eigenvalue weighted by atomic mass is 10.1. The van der Waals surface area contributed by atoms with E-state index >= 15 is 0 Å². The Kier molecular flexibility index (Phi) is 2.77. The molecule has 1 heterocycles. The smallest absolute Gasteiger partial charge is 0.0774 e. The van der Waals surface area contributed by atoms with Crippen molar-refractivity contribution in [1.82, 2.24) is 0 Å². The quantitative estimate of drug-likeness (QED) is 0.778. The third-order valence-electron chi connectivity index (χ3n) is 2.43. The zero-order valence-corrected chi connectivity index (χ0v) is 9.45. The van der Waals surface area contributed by atoms with Crippen LogP contribution in [0.15, 0.2) is 18.2 Å². The van der Waals surface area contributed by atoms with Gasteiger partial charge in [0.2, 0.25) is 0 Å². The first-order valence-corrected chi connectivity index (χ1v) is 5.79. The number of aryl methyl sites for hydroxylation is 1. The molecular formula is C11H11ClOS. The second-order valence-electron chi connectivity index (χ2n) is 3.27. The molecular weight excluding hydrogens is 216 g/mol. The van der Waals surface area contributed by atoms with E-state index in [0.717, 1.165) is 4.88 Å². The van der Waals surface area contributed by atoms with Gasteiger partial charge in [0, 0.05) is 15.5 Å². The van der Waals surface area contributed by atoms with Crippen LogP contribution in [0.4, 0.5) is 0 Å². The number of aliphatic hydroxyl groups excluding tert-OH is 1. The van der Waals surface area contributed by atoms with E-state index in [1.54, 1.807) is 11.3 Å². The topological polar surface area (TPSA) is 20.2 Å². The highest BCUT2D eigenvalue weighted by molar-refractivity contribution is 7.19. The van der Waals surface area contributed by atoms with Gasteiger partial charge in [0.1, 0.15) is 0 Å². The average Bonchev–Trinajstić information content (AvgIpc) is 2.62. The summed E-state index contributed by atoms with van der Waals surface area (Å²) in [4.78, 5) is 1.01. The molecule has 2 rings (SSSR count). The van der Waals surface area contributed by atoms with E-state index in [4.69, 9.17) is 16.7 Å². The van der Waals surface area contributed by atoms with E-state index in [1.165, 1.54) is 21.2 Å². The van der Waals surface area contributed by atoms with Gasteiger partial charge in [0.25, 0.3) is 0 Å². The Morgan fingerprint density at radius 2 is 2.21 bits per heavy atom. The normalized spacial score (nSPS) is 11.1. The van der Waals surface area contributed by atoms with Gasteiger partial charge in [-0.25, -0.2) is 0 Å². The molecule has 2 aromatic rings. The van der Waals surface area contributed by atoms with Crippen molar-refractivity contribution in [2.75, 3.05) is 0 Å². The van der Waals surface area contributed by atoms with E-state index in [1.807, 2.05) is 6.07 Å². The van der Waals surface area contributed by atoms with Gasteiger partial charge in [0.05, 0.1) is 6.61 Å². The molecule has 0 aliphatic carbocycles. The van der Waals surface area contributed by atoms with Gasteiger partial charge in [-0.2, -0.15) is 0 Å². The maximum atomic E-state index is 9.04. The monoisotopic (exact) mass is 226 g/mol. The van der Waals surface area contributed by atoms with Crippen LogP contribution in [0.2, 0.25) is 0 Å². The molecule has 0 saturated heterocycles. The molecule has 14 heavy (non-hydrogen) atoms. The second kappa shape index (κ2) is 3.89. The fourth-order valence-electron chi connectivity index (χ4n) is 1.57. The minimum atomic E-state index is 0.120. The lowest BCUT2D eigenvalue weighted by molar-refractivity contribution is 0.285. The summed E-state index contributed by atoms with van der Waals surface area (Å²) in [6.07, 6.45) is 0. The molecule has 0 atom stereocenters. The number of alkyl halides is 1. The highest BCUT2D eigenvalue weighted by Crippen LogP contribution is 2.30. The molecule has 0 aliphatic rings. The fraction of sp³-hybridized carbons (Fsp3) is 0.273. The molecule has 0 saturated carbocycles. The van der Waals surface area contributed by atoms with Crippen LogP contribution in [-0.2, 0) is 12.5 Å². The first kappa shape index (κ1) is 9.97. The van der Waals surface area contributed by atoms with Crippen LogP contribution in [0.5, 0.6) is 0 Å². The Hall–Kier alpha value is -0.570. The maximum absolute atomic E-state index is 9.04. The lowest BCUT2D eigenvalue weighted by Crippen LogP contribution is -1.83. The highest BCUT2D eigenvalue weighted by atomic mass is 35.5. The summed E-state index contributed by atoms with van der Waals surface area (Å²) in [5.74, 6) is 0.548. The number of hydrogen-bond acceptors (Lipinski definition) is 2. The van der Waals surface area contributed by atoms with Crippen molar-refractivity contribution >= 4 is 33.0 Å². The summed E-state index contributed by atoms with van der Waals surface area (Å²) in [6.45, 7) is 2.20. The first-order valence-electron chi connectivity index (χ1n) is 4.44. The Labute approximate surface area is 91.9 Å². The summed E-state index contributed by atoms with van der Waals surface area (Å²) in [7, 11) is 0. The minimum absolute atomic E-state index is 0.120. The Balaban J connectivity index is 2.68. The summed E-state index contributed by atoms with van der Waals surface area (Å²) >= 11 is 7.46. The number of hydrogen-bond donors (Lipinski definition) is 1. The summed E-state index contributed by atoms with van der Waals surface area (Å²) in [5, 5.41) is 10.3. The SMILES string of the molecule is Cc1c(CCl)ccc2sc(CO)cc12. The van der Waals surface area contributed by atoms with Crippen molar-refractivity contribution in [2.45, 2.75) is 19.4 Å². The molecule has 0 radical (unpaired) electrons. The number of thiophene rings is 1. The second-order valence-corrected chi connectivity index (χ2v) is 4.70. The first-order chi connectivity index (χ1) is 6.76. The van der Waals surface area contributed by atoms with Gasteiger partial charge in [-0.15, -0.1) is 22.9 Å². The van der Waals surface area contributed by atoms with Crippen molar-refractivity contribution in [1.29, 1.82) is 0 Å². The van der Waals surface area contributed by atoms with E-state index in [-0.39, 0.29) is 6.61 Å². The zero-order valence-electron chi connectivity index (χ0n) is 7.88. The Bertz CT molecular complexity index is 462. The standard InChI is InChI=1S/C11H11ClOS/c1-7-8(5-12)2-3-11-10(7)4-9(6-13)14-11/h2-4,13H,5-6H2,1H3. The summed E-state index contributed by atoms with van der Waals surface area (Å²) < 4.78 is 1.22. The summed E-state index contributed by atoms with van der Waals surface area (Å²) in [6, 6.07) is 6.18. The molecule has 1 aromatic carbocycles. The summed E-state index contributed by atoms with van der Waals surface area (Å²) in [5.41, 5.74) is 2.40. The molecule has 0 fully saturated rings. The van der Waals surface area contributed by atoms with Crippen LogP contribution in [0.1, 0.15) is 16.0 Å². The number of rotatable bonds is 2. The van der Waals surface area contributed by atoms with E-state index in [9.17, 15) is 0 Å². The van der Waals surface area contributed by atoms with Gasteiger partial charge >= 0.3 is 0 Å². The molecule has 0 amide bonds. The van der Waals surface area contributed by atoms with Gasteiger partial charge in [0.15, 0.2) is 0 Å². The molecule has 1 N–H and O–H groups in total. The zero-order chi connectivity index (χ0) is 10.1. The predicted molar refractivity (Wildman–Crippen MR) is 62.0 cm³/mol. The van der Waals surface area contributed by atoms with Crippen molar-refractivity contribution in [2.24, 2.45) is 0 Å². The van der Waals surface area contributed by atoms with E-state index < -0.39 is 0 Å². The molecule has 0 unspecified atom stereocenters. The van der Waals surface area contributed by atoms with Crippen molar-refractivity contribution in [3.63, 3.8) is 0 Å². The molecule has 0 aliphatic heterocycles. The van der Waals surface area contributed by atoms with Crippen molar-refractivity contribution < 1.29 is 5.11 Å². The fourth-order valence-corrected chi connectivity index (χ4v) is 2.84. The van der Waals surface area contributed by atoms with Gasteiger partial charge in [-0.1, -0.05) is 6.07 Å². The van der Waals surface area contributed by atoms with Crippen LogP contribution in [0.3, 0.4) is 0 Å². The van der Waals surface area contributed by atoms with Crippen LogP contribution in [0.25, 0.3) is 10.1 Å². The predicted octanol–water partition coefficient (Wildman–Crippen LogP) is 3.44. The van der Waals surface area contributed by atoms with Crippen LogP contribution in [0, 0.1) is 6.92 Å². The number of halogens is 1. The maximum Gasteiger partial charge on any atom is 0.0774 e. The Morgan fingerprint density at radius 1 is 1.43 bits per heavy atom. The van der Waals surface area contributed by atoms with Gasteiger partial charge in [-0.05, 0) is 35.6 Å². The van der Waals surface area contributed by atoms with E-state index in [0.29, 0.717) is 5.88 Å². The minimum Gasteiger partial charge on any atom is -0.391 e. The molecule has 74 valence electrons. The average molecular weight is 227 g/mol. The van der Waals surface area contributed by atoms with E-state index in [2.05, 4.69) is 19.1 Å². The number of aliphatic hydroxyl groups is 1. The highest BCUT2D eigenvalue weighted by Gasteiger charge is 2.06. The Morgan fingerprint density at radius 3 is 2.86 bits per heavy atom. The lowest BCUT2D eigenvalue weighted by Gasteiger charge is -2.01. The molecule has 0 spiro atoms. The van der Waals surface area contributed by atoms with Crippen molar-refractivity contribution in [3.8, 4) is 0 Å². The number of fused-ring (bicyclic) bond motifs is 1. The van der Waals surface area contributed by atoms with Crippen LogP contribution < -0.4 is 0 Å². The number of benzene rings is 1. The molecule has 0 bridgehead atoms. The molecule has 3 heteroatoms. The van der Waals surface area contributed by atoms with Crippen molar-refractivity contribution in [3.05, 3.63) is 34.2 Å². The van der Waals surface area contributed by atoms with Crippen LogP contribution >= 0.6 is 22.9 Å². The third-order valence-corrected chi connectivity index (χ3v) is 3.81. The molecule has 1 aromatic heterocycles. The molecule has 1 nitrogen and oxygen atoms in total. The third kappa shape index (κ3) is 1.54. The van der Waals surface area contributed by atoms with Gasteiger partial charge in [-0.3, -0.25) is 0 Å². The largest absolute Gasteiger partial charge is 0.391 e. The van der Waals surface area contributed by atoms with Gasteiger partial charge < -0.3 is 5.11 Å².